The molecule has 1 aliphatic rings. The molecule has 30 heavy (non-hydrogen) atoms. The van der Waals surface area contributed by atoms with Gasteiger partial charge in [-0.15, -0.1) is 0 Å². The van der Waals surface area contributed by atoms with E-state index in [-0.39, 0.29) is 12.3 Å². The summed E-state index contributed by atoms with van der Waals surface area (Å²) in [6.45, 7) is 9.34. The summed E-state index contributed by atoms with van der Waals surface area (Å²) in [5.74, 6) is -4.58. The summed E-state index contributed by atoms with van der Waals surface area (Å²) in [7, 11) is 0. The van der Waals surface area contributed by atoms with Crippen molar-refractivity contribution in [3.63, 3.8) is 0 Å². The molecule has 172 valence electrons. The van der Waals surface area contributed by atoms with Gasteiger partial charge in [-0.3, -0.25) is 14.4 Å². The number of hydrogen-bond donors (Lipinski definition) is 3. The number of cyclic esters (lactones) is 2. The van der Waals surface area contributed by atoms with E-state index in [0.717, 1.165) is 0 Å². The summed E-state index contributed by atoms with van der Waals surface area (Å²) in [6, 6.07) is -1.23. The first-order valence-corrected chi connectivity index (χ1v) is 9.43. The van der Waals surface area contributed by atoms with Crippen LogP contribution in [0.1, 0.15) is 54.4 Å². The predicted molar refractivity (Wildman–Crippen MR) is 103 cm³/mol. The SMILES string of the molecule is CC(C)C(=O)O.CC1CC(CC(=O)O)C(=O)OC[C@H](NC(=O)OC(C)(C)C)C(=O)O1. The van der Waals surface area contributed by atoms with Gasteiger partial charge in [-0.05, 0) is 34.1 Å². The Hall–Kier alpha value is -2.85. The second-order valence-corrected chi connectivity index (χ2v) is 8.10. The van der Waals surface area contributed by atoms with Gasteiger partial charge in [0.1, 0.15) is 12.2 Å². The van der Waals surface area contributed by atoms with Crippen LogP contribution in [0.25, 0.3) is 0 Å². The maximum absolute atomic E-state index is 12.1. The van der Waals surface area contributed by atoms with Crippen LogP contribution in [0.15, 0.2) is 0 Å². The Morgan fingerprint density at radius 1 is 1.17 bits per heavy atom. The molecule has 11 heteroatoms. The number of ether oxygens (including phenoxy) is 3. The Bertz CT molecular complexity index is 638. The third-order valence-corrected chi connectivity index (χ3v) is 3.55. The average molecular weight is 433 g/mol. The zero-order chi connectivity index (χ0) is 23.6. The van der Waals surface area contributed by atoms with Gasteiger partial charge in [0.05, 0.1) is 24.4 Å². The van der Waals surface area contributed by atoms with Gasteiger partial charge in [0.2, 0.25) is 0 Å². The highest BCUT2D eigenvalue weighted by Gasteiger charge is 2.34. The van der Waals surface area contributed by atoms with E-state index in [1.807, 2.05) is 0 Å². The standard InChI is InChI=1S/C15H23NO8.C4H8O2/c1-8-5-9(6-11(17)18)12(19)22-7-10(13(20)23-8)16-14(21)24-15(2,3)4;1-3(2)4(5)6/h8-10H,5-7H2,1-4H3,(H,16,21)(H,17,18);3H,1-2H3,(H,5,6)/t8?,9?,10-;/m0./s1. The highest BCUT2D eigenvalue weighted by atomic mass is 16.6. The molecule has 0 aromatic rings. The normalized spacial score (nSPS) is 22.2. The van der Waals surface area contributed by atoms with Crippen LogP contribution in [0.3, 0.4) is 0 Å². The molecule has 2 unspecified atom stereocenters. The van der Waals surface area contributed by atoms with Gasteiger partial charge >= 0.3 is 30.0 Å². The fourth-order valence-electron chi connectivity index (χ4n) is 2.10. The van der Waals surface area contributed by atoms with Gasteiger partial charge in [-0.25, -0.2) is 9.59 Å². The summed E-state index contributed by atoms with van der Waals surface area (Å²) in [6.07, 6.45) is -1.95. The van der Waals surface area contributed by atoms with Crippen molar-refractivity contribution in [3.8, 4) is 0 Å². The molecule has 11 nitrogen and oxygen atoms in total. The first-order chi connectivity index (χ1) is 13.6. The van der Waals surface area contributed by atoms with Crippen LogP contribution in [-0.4, -0.2) is 64.5 Å². The third-order valence-electron chi connectivity index (χ3n) is 3.55. The second kappa shape index (κ2) is 12.0. The summed E-state index contributed by atoms with van der Waals surface area (Å²) < 4.78 is 15.1. The smallest absolute Gasteiger partial charge is 0.408 e. The van der Waals surface area contributed by atoms with E-state index < -0.39 is 66.7 Å². The zero-order valence-electron chi connectivity index (χ0n) is 18.1. The first-order valence-electron chi connectivity index (χ1n) is 9.43. The molecule has 1 fully saturated rings. The molecular weight excluding hydrogens is 402 g/mol. The Kier molecular flexibility index (Phi) is 10.8. The third kappa shape index (κ3) is 11.9. The minimum absolute atomic E-state index is 0.0238. The molecule has 1 heterocycles. The first kappa shape index (κ1) is 27.1. The van der Waals surface area contributed by atoms with E-state index in [4.69, 9.17) is 24.4 Å². The van der Waals surface area contributed by atoms with Gasteiger partial charge in [0, 0.05) is 0 Å². The molecule has 0 spiro atoms. The zero-order valence-corrected chi connectivity index (χ0v) is 18.1. The average Bonchev–Trinajstić information content (AvgIpc) is 2.59. The molecule has 1 rings (SSSR count). The van der Waals surface area contributed by atoms with Crippen molar-refractivity contribution in [2.24, 2.45) is 11.8 Å². The van der Waals surface area contributed by atoms with E-state index in [0.29, 0.717) is 0 Å². The number of carboxylic acids is 2. The molecule has 0 aliphatic carbocycles. The van der Waals surface area contributed by atoms with Gasteiger partial charge in [0.25, 0.3) is 0 Å². The molecule has 3 atom stereocenters. The van der Waals surface area contributed by atoms with Crippen molar-refractivity contribution in [1.82, 2.24) is 5.32 Å². The second-order valence-electron chi connectivity index (χ2n) is 8.10. The highest BCUT2D eigenvalue weighted by Crippen LogP contribution is 2.18. The van der Waals surface area contributed by atoms with Gasteiger partial charge in [0.15, 0.2) is 6.04 Å². The van der Waals surface area contributed by atoms with Gasteiger partial charge in [-0.1, -0.05) is 13.8 Å². The summed E-state index contributed by atoms with van der Waals surface area (Å²) in [5, 5.41) is 19.1. The van der Waals surface area contributed by atoms with Crippen LogP contribution in [0.4, 0.5) is 4.79 Å². The molecular formula is C19H31NO10. The van der Waals surface area contributed by atoms with Crippen LogP contribution in [0, 0.1) is 11.8 Å². The fourth-order valence-corrected chi connectivity index (χ4v) is 2.10. The number of nitrogens with one attached hydrogen (secondary N) is 1. The molecule has 1 amide bonds. The van der Waals surface area contributed by atoms with Crippen LogP contribution < -0.4 is 5.32 Å². The molecule has 0 bridgehead atoms. The Labute approximate surface area is 175 Å². The molecule has 0 aromatic heterocycles. The maximum Gasteiger partial charge on any atom is 0.408 e. The largest absolute Gasteiger partial charge is 0.481 e. The molecule has 3 N–H and O–H groups in total. The number of carboxylic acid groups (broad SMARTS) is 2. The molecule has 0 radical (unpaired) electrons. The Morgan fingerprint density at radius 2 is 1.70 bits per heavy atom. The number of alkyl carbamates (subject to hydrolysis) is 1. The van der Waals surface area contributed by atoms with E-state index >= 15 is 0 Å². The number of amides is 1. The van der Waals surface area contributed by atoms with Crippen molar-refractivity contribution in [2.45, 2.75) is 72.1 Å². The molecule has 1 saturated heterocycles. The number of hydrogen-bond acceptors (Lipinski definition) is 8. The van der Waals surface area contributed by atoms with E-state index in [1.54, 1.807) is 34.6 Å². The number of carbonyl (C=O) groups excluding carboxylic acids is 3. The summed E-state index contributed by atoms with van der Waals surface area (Å²) >= 11 is 0. The lowest BCUT2D eigenvalue weighted by Gasteiger charge is -2.22. The van der Waals surface area contributed by atoms with Crippen molar-refractivity contribution < 1.29 is 48.4 Å². The Morgan fingerprint density at radius 3 is 2.13 bits per heavy atom. The number of esters is 2. The molecule has 0 saturated carbocycles. The van der Waals surface area contributed by atoms with Gasteiger partial charge in [-0.2, -0.15) is 0 Å². The predicted octanol–water partition coefficient (Wildman–Crippen LogP) is 1.58. The topological polar surface area (TPSA) is 166 Å². The molecule has 1 aliphatic heterocycles. The van der Waals surface area contributed by atoms with Crippen molar-refractivity contribution in [1.29, 1.82) is 0 Å². The van der Waals surface area contributed by atoms with Crippen molar-refractivity contribution in [2.75, 3.05) is 6.61 Å². The van der Waals surface area contributed by atoms with Crippen LogP contribution >= 0.6 is 0 Å². The Balaban J connectivity index is 0.00000122. The van der Waals surface area contributed by atoms with Crippen LogP contribution in [0.2, 0.25) is 0 Å². The fraction of sp³-hybridized carbons (Fsp3) is 0.737. The van der Waals surface area contributed by atoms with E-state index in [9.17, 15) is 24.0 Å². The lowest BCUT2D eigenvalue weighted by atomic mass is 9.99. The van der Waals surface area contributed by atoms with Crippen LogP contribution in [0.5, 0.6) is 0 Å². The summed E-state index contributed by atoms with van der Waals surface area (Å²) in [4.78, 5) is 56.3. The summed E-state index contributed by atoms with van der Waals surface area (Å²) in [5.41, 5.74) is -0.761. The maximum atomic E-state index is 12.1. The number of carbonyl (C=O) groups is 5. The lowest BCUT2D eigenvalue weighted by Crippen LogP contribution is -2.47. The molecule has 0 aromatic carbocycles. The van der Waals surface area contributed by atoms with Crippen molar-refractivity contribution in [3.05, 3.63) is 0 Å². The van der Waals surface area contributed by atoms with E-state index in [1.165, 1.54) is 6.92 Å². The van der Waals surface area contributed by atoms with Crippen LogP contribution in [-0.2, 0) is 33.4 Å². The van der Waals surface area contributed by atoms with Gasteiger partial charge < -0.3 is 29.7 Å². The van der Waals surface area contributed by atoms with Crippen molar-refractivity contribution >= 4 is 30.0 Å². The lowest BCUT2D eigenvalue weighted by molar-refractivity contribution is -0.154. The minimum atomic E-state index is -1.23. The number of rotatable bonds is 4. The van der Waals surface area contributed by atoms with E-state index in [2.05, 4.69) is 5.32 Å². The minimum Gasteiger partial charge on any atom is -0.481 e. The quantitative estimate of drug-likeness (QED) is 0.437. The monoisotopic (exact) mass is 433 g/mol. The number of aliphatic carboxylic acids is 2. The highest BCUT2D eigenvalue weighted by molar-refractivity contribution is 5.83.